The summed E-state index contributed by atoms with van der Waals surface area (Å²) in [5, 5.41) is 9.00. The molecule has 1 aliphatic heterocycles. The number of rotatable bonds is 2. The first kappa shape index (κ1) is 17.5. The second-order valence-corrected chi connectivity index (χ2v) is 6.76. The van der Waals surface area contributed by atoms with Crippen LogP contribution in [0.25, 0.3) is 0 Å². The Hall–Kier alpha value is -2.95. The van der Waals surface area contributed by atoms with Gasteiger partial charge in [0, 0.05) is 11.8 Å². The number of halogens is 3. The van der Waals surface area contributed by atoms with Crippen LogP contribution in [0.5, 0.6) is 0 Å². The number of urea groups is 1. The van der Waals surface area contributed by atoms with E-state index in [0.29, 0.717) is 12.1 Å². The Morgan fingerprint density at radius 2 is 1.74 bits per heavy atom. The van der Waals surface area contributed by atoms with Crippen molar-refractivity contribution in [2.24, 2.45) is 0 Å². The average molecular weight is 375 g/mol. The summed E-state index contributed by atoms with van der Waals surface area (Å²) in [5.74, 6) is 0. The molecule has 1 saturated carbocycles. The van der Waals surface area contributed by atoms with Gasteiger partial charge in [-0.2, -0.15) is 18.4 Å². The van der Waals surface area contributed by atoms with Crippen molar-refractivity contribution in [2.75, 3.05) is 9.80 Å². The number of hydrogen-bond acceptors (Lipinski definition) is 3. The zero-order chi connectivity index (χ0) is 19.2. The number of hydrogen-bond donors (Lipinski definition) is 0. The first-order chi connectivity index (χ1) is 12.9. The van der Waals surface area contributed by atoms with E-state index in [-0.39, 0.29) is 23.8 Å². The Kier molecular flexibility index (Phi) is 4.10. The third-order valence-corrected chi connectivity index (χ3v) is 5.26. The van der Waals surface area contributed by atoms with Crippen LogP contribution in [-0.2, 0) is 6.18 Å². The van der Waals surface area contributed by atoms with E-state index < -0.39 is 17.3 Å². The normalized spacial score (nSPS) is 22.7. The van der Waals surface area contributed by atoms with Crippen LogP contribution in [0, 0.1) is 11.3 Å². The maximum Gasteiger partial charge on any atom is 0.417 e. The van der Waals surface area contributed by atoms with Gasteiger partial charge in [0.2, 0.25) is 0 Å². The molecule has 5 nitrogen and oxygen atoms in total. The molecule has 0 bridgehead atoms. The zero-order valence-corrected chi connectivity index (χ0v) is 14.2. The van der Waals surface area contributed by atoms with E-state index in [1.807, 2.05) is 0 Å². The minimum absolute atomic E-state index is 0.117. The van der Waals surface area contributed by atoms with Gasteiger partial charge >= 0.3 is 12.2 Å². The molecule has 1 aromatic carbocycles. The Bertz CT molecular complexity index is 902. The molecule has 140 valence electrons. The zero-order valence-electron chi connectivity index (χ0n) is 14.2. The lowest BCUT2D eigenvalue weighted by Crippen LogP contribution is -2.40. The van der Waals surface area contributed by atoms with Crippen molar-refractivity contribution in [3.8, 4) is 6.07 Å². The standard InChI is InChI=1S/C19H16F3N3O2/c20-19(21,22)15-9-13(6-5-12(15)10-23)24-16-3-1-2-4-17(16)25(18(24)26)14-7-8-27-11-14/h5-9,11,16-17H,1-4H2/t16-,17-/m1/s1. The van der Waals surface area contributed by atoms with Crippen LogP contribution < -0.4 is 9.80 Å². The minimum atomic E-state index is -4.67. The van der Waals surface area contributed by atoms with Gasteiger partial charge in [-0.15, -0.1) is 0 Å². The van der Waals surface area contributed by atoms with Crippen molar-refractivity contribution in [1.29, 1.82) is 5.26 Å². The summed E-state index contributed by atoms with van der Waals surface area (Å²) in [7, 11) is 0. The molecule has 1 aliphatic carbocycles. The smallest absolute Gasteiger partial charge is 0.417 e. The van der Waals surface area contributed by atoms with Crippen molar-refractivity contribution in [3.63, 3.8) is 0 Å². The van der Waals surface area contributed by atoms with E-state index in [4.69, 9.17) is 9.68 Å². The van der Waals surface area contributed by atoms with Gasteiger partial charge in [0.1, 0.15) is 6.26 Å². The van der Waals surface area contributed by atoms with Crippen molar-refractivity contribution < 1.29 is 22.4 Å². The van der Waals surface area contributed by atoms with E-state index in [0.717, 1.165) is 31.4 Å². The molecule has 0 radical (unpaired) electrons. The third kappa shape index (κ3) is 2.83. The average Bonchev–Trinajstić information content (AvgIpc) is 3.25. The fourth-order valence-corrected chi connectivity index (χ4v) is 4.11. The molecule has 2 heterocycles. The van der Waals surface area contributed by atoms with Crippen LogP contribution >= 0.6 is 0 Å². The fourth-order valence-electron chi connectivity index (χ4n) is 4.11. The number of anilines is 2. The second-order valence-electron chi connectivity index (χ2n) is 6.76. The number of carbonyl (C=O) groups excluding carboxylic acids is 1. The third-order valence-electron chi connectivity index (χ3n) is 5.26. The maximum absolute atomic E-state index is 13.4. The predicted octanol–water partition coefficient (Wildman–Crippen LogP) is 4.93. The SMILES string of the molecule is N#Cc1ccc(N2C(=O)N(c3ccoc3)[C@@H]3CCCC[C@H]32)cc1C(F)(F)F. The van der Waals surface area contributed by atoms with Crippen molar-refractivity contribution in [3.05, 3.63) is 47.9 Å². The fraction of sp³-hybridized carbons (Fsp3) is 0.368. The Morgan fingerprint density at radius 1 is 1.07 bits per heavy atom. The van der Waals surface area contributed by atoms with Crippen LogP contribution in [0.1, 0.15) is 36.8 Å². The molecule has 2 amide bonds. The number of nitrogens with zero attached hydrogens (tertiary/aromatic N) is 3. The molecule has 2 atom stereocenters. The quantitative estimate of drug-likeness (QED) is 0.748. The van der Waals surface area contributed by atoms with Gasteiger partial charge in [0.15, 0.2) is 0 Å². The van der Waals surface area contributed by atoms with Gasteiger partial charge < -0.3 is 4.42 Å². The molecule has 2 aromatic rings. The van der Waals surface area contributed by atoms with Gasteiger partial charge in [0.05, 0.1) is 41.2 Å². The molecular formula is C19H16F3N3O2. The monoisotopic (exact) mass is 375 g/mol. The molecule has 1 aromatic heterocycles. The molecule has 2 fully saturated rings. The van der Waals surface area contributed by atoms with Gasteiger partial charge in [-0.1, -0.05) is 12.8 Å². The number of carbonyl (C=O) groups is 1. The van der Waals surface area contributed by atoms with E-state index in [1.165, 1.54) is 23.5 Å². The van der Waals surface area contributed by atoms with E-state index in [2.05, 4.69) is 0 Å². The van der Waals surface area contributed by atoms with E-state index in [9.17, 15) is 18.0 Å². The van der Waals surface area contributed by atoms with Crippen molar-refractivity contribution in [1.82, 2.24) is 0 Å². The summed E-state index contributed by atoms with van der Waals surface area (Å²) < 4.78 is 45.2. The Morgan fingerprint density at radius 3 is 2.30 bits per heavy atom. The van der Waals surface area contributed by atoms with Crippen LogP contribution in [0.2, 0.25) is 0 Å². The van der Waals surface area contributed by atoms with Crippen LogP contribution in [0.15, 0.2) is 41.2 Å². The maximum atomic E-state index is 13.4. The Balaban J connectivity index is 1.79. The summed E-state index contributed by atoms with van der Waals surface area (Å²) in [4.78, 5) is 16.2. The second kappa shape index (κ2) is 6.34. The molecule has 8 heteroatoms. The number of nitriles is 1. The minimum Gasteiger partial charge on any atom is -0.470 e. The molecular weight excluding hydrogens is 359 g/mol. The summed E-state index contributed by atoms with van der Waals surface area (Å²) in [6.45, 7) is 0. The highest BCUT2D eigenvalue weighted by molar-refractivity contribution is 6.07. The predicted molar refractivity (Wildman–Crippen MR) is 91.3 cm³/mol. The Labute approximate surface area is 153 Å². The lowest BCUT2D eigenvalue weighted by Gasteiger charge is -2.31. The lowest BCUT2D eigenvalue weighted by atomic mass is 9.89. The van der Waals surface area contributed by atoms with Gasteiger partial charge in [-0.05, 0) is 31.0 Å². The summed E-state index contributed by atoms with van der Waals surface area (Å²) in [6, 6.07) is 5.99. The van der Waals surface area contributed by atoms with Crippen molar-refractivity contribution >= 4 is 17.4 Å². The number of furan rings is 1. The highest BCUT2D eigenvalue weighted by Gasteiger charge is 2.48. The number of fused-ring (bicyclic) bond motifs is 1. The summed E-state index contributed by atoms with van der Waals surface area (Å²) in [5.41, 5.74) is -0.715. The largest absolute Gasteiger partial charge is 0.470 e. The number of amides is 2. The highest BCUT2D eigenvalue weighted by Crippen LogP contribution is 2.42. The van der Waals surface area contributed by atoms with Crippen LogP contribution in [0.4, 0.5) is 29.3 Å². The molecule has 2 aliphatic rings. The van der Waals surface area contributed by atoms with Crippen LogP contribution in [0.3, 0.4) is 0 Å². The summed E-state index contributed by atoms with van der Waals surface area (Å²) >= 11 is 0. The lowest BCUT2D eigenvalue weighted by molar-refractivity contribution is -0.137. The van der Waals surface area contributed by atoms with Gasteiger partial charge in [0.25, 0.3) is 0 Å². The topological polar surface area (TPSA) is 60.5 Å². The molecule has 4 rings (SSSR count). The number of alkyl halides is 3. The van der Waals surface area contributed by atoms with E-state index in [1.54, 1.807) is 17.0 Å². The van der Waals surface area contributed by atoms with Gasteiger partial charge in [-0.25, -0.2) is 4.79 Å². The number of benzene rings is 1. The van der Waals surface area contributed by atoms with Gasteiger partial charge in [-0.3, -0.25) is 9.80 Å². The van der Waals surface area contributed by atoms with Crippen LogP contribution in [-0.4, -0.2) is 18.1 Å². The molecule has 0 spiro atoms. The highest BCUT2D eigenvalue weighted by atomic mass is 19.4. The van der Waals surface area contributed by atoms with E-state index >= 15 is 0 Å². The first-order valence-electron chi connectivity index (χ1n) is 8.68. The molecule has 27 heavy (non-hydrogen) atoms. The molecule has 0 unspecified atom stereocenters. The summed E-state index contributed by atoms with van der Waals surface area (Å²) in [6.07, 6.45) is 1.62. The first-order valence-corrected chi connectivity index (χ1v) is 8.68. The molecule has 0 N–H and O–H groups in total. The molecule has 1 saturated heterocycles. The van der Waals surface area contributed by atoms with Crippen molar-refractivity contribution in [2.45, 2.75) is 43.9 Å².